The molecule has 1 rings (SSSR count). The van der Waals surface area contributed by atoms with Gasteiger partial charge in [0.05, 0.1) is 12.5 Å². The molecule has 21 heavy (non-hydrogen) atoms. The standard InChI is InChI=1S/C14H24N2O4S/c1-6-8-7-21-11(9(15)12(17)19-5)16-10(8)13(18)20-14(2,3)4/h7,9-11,16H,6,15H2,1-5H3. The van der Waals surface area contributed by atoms with Crippen LogP contribution < -0.4 is 11.1 Å². The predicted molar refractivity (Wildman–Crippen MR) is 82.5 cm³/mol. The maximum atomic E-state index is 12.3. The number of nitrogens with one attached hydrogen (secondary N) is 1. The number of esters is 2. The van der Waals surface area contributed by atoms with E-state index in [-0.39, 0.29) is 5.97 Å². The number of hydrogen-bond acceptors (Lipinski definition) is 7. The first-order valence-corrected chi connectivity index (χ1v) is 7.80. The van der Waals surface area contributed by atoms with Crippen LogP contribution in [-0.2, 0) is 19.1 Å². The Morgan fingerprint density at radius 1 is 1.48 bits per heavy atom. The largest absolute Gasteiger partial charge is 0.468 e. The number of methoxy groups -OCH3 is 1. The van der Waals surface area contributed by atoms with E-state index in [0.717, 1.165) is 5.57 Å². The van der Waals surface area contributed by atoms with Gasteiger partial charge < -0.3 is 15.2 Å². The highest BCUT2D eigenvalue weighted by Crippen LogP contribution is 2.27. The molecule has 0 radical (unpaired) electrons. The van der Waals surface area contributed by atoms with Crippen LogP contribution in [0, 0.1) is 0 Å². The molecule has 1 aliphatic rings. The normalized spacial score (nSPS) is 24.0. The average molecular weight is 316 g/mol. The molecule has 7 heteroatoms. The van der Waals surface area contributed by atoms with Crippen molar-refractivity contribution in [3.8, 4) is 0 Å². The predicted octanol–water partition coefficient (Wildman–Crippen LogP) is 1.15. The topological polar surface area (TPSA) is 90.7 Å². The zero-order chi connectivity index (χ0) is 16.2. The van der Waals surface area contributed by atoms with Gasteiger partial charge in [-0.25, -0.2) is 4.79 Å². The van der Waals surface area contributed by atoms with Crippen molar-refractivity contribution in [2.24, 2.45) is 5.73 Å². The Morgan fingerprint density at radius 2 is 2.10 bits per heavy atom. The van der Waals surface area contributed by atoms with Crippen molar-refractivity contribution in [2.75, 3.05) is 7.11 Å². The molecule has 1 heterocycles. The summed E-state index contributed by atoms with van der Waals surface area (Å²) in [7, 11) is 1.29. The number of thioether (sulfide) groups is 1. The van der Waals surface area contributed by atoms with Crippen LogP contribution in [0.15, 0.2) is 11.0 Å². The Hall–Kier alpha value is -1.05. The molecular formula is C14H24N2O4S. The van der Waals surface area contributed by atoms with Crippen molar-refractivity contribution in [2.45, 2.75) is 57.2 Å². The van der Waals surface area contributed by atoms with Crippen LogP contribution in [0.1, 0.15) is 34.1 Å². The first kappa shape index (κ1) is 18.0. The minimum Gasteiger partial charge on any atom is -0.468 e. The smallest absolute Gasteiger partial charge is 0.328 e. The van der Waals surface area contributed by atoms with E-state index in [4.69, 9.17) is 10.5 Å². The highest BCUT2D eigenvalue weighted by molar-refractivity contribution is 8.02. The van der Waals surface area contributed by atoms with Gasteiger partial charge in [-0.15, -0.1) is 11.8 Å². The molecule has 0 saturated heterocycles. The van der Waals surface area contributed by atoms with E-state index in [1.807, 2.05) is 33.1 Å². The molecule has 0 aromatic carbocycles. The summed E-state index contributed by atoms with van der Waals surface area (Å²) in [6.45, 7) is 7.41. The second kappa shape index (κ2) is 7.29. The first-order chi connectivity index (χ1) is 9.69. The molecule has 0 aromatic rings. The van der Waals surface area contributed by atoms with Gasteiger partial charge in [-0.1, -0.05) is 6.92 Å². The van der Waals surface area contributed by atoms with Gasteiger partial charge in [-0.05, 0) is 38.2 Å². The van der Waals surface area contributed by atoms with Crippen molar-refractivity contribution >= 4 is 23.7 Å². The van der Waals surface area contributed by atoms with E-state index >= 15 is 0 Å². The summed E-state index contributed by atoms with van der Waals surface area (Å²) in [4.78, 5) is 23.8. The summed E-state index contributed by atoms with van der Waals surface area (Å²) >= 11 is 1.38. The average Bonchev–Trinajstić information content (AvgIpc) is 2.43. The highest BCUT2D eigenvalue weighted by atomic mass is 32.2. The molecular weight excluding hydrogens is 292 g/mol. The van der Waals surface area contributed by atoms with Crippen LogP contribution in [0.3, 0.4) is 0 Å². The second-order valence-electron chi connectivity index (χ2n) is 5.79. The number of ether oxygens (including phenoxy) is 2. The van der Waals surface area contributed by atoms with E-state index in [0.29, 0.717) is 6.42 Å². The Labute approximate surface area is 129 Å². The fourth-order valence-corrected chi connectivity index (χ4v) is 2.97. The van der Waals surface area contributed by atoms with E-state index in [2.05, 4.69) is 10.1 Å². The summed E-state index contributed by atoms with van der Waals surface area (Å²) in [5.41, 5.74) is 6.19. The van der Waals surface area contributed by atoms with Crippen LogP contribution in [0.2, 0.25) is 0 Å². The molecule has 0 fully saturated rings. The van der Waals surface area contributed by atoms with Gasteiger partial charge in [0.1, 0.15) is 17.7 Å². The third-order valence-corrected chi connectivity index (χ3v) is 4.08. The summed E-state index contributed by atoms with van der Waals surface area (Å²) in [5.74, 6) is -0.880. The van der Waals surface area contributed by atoms with Crippen molar-refractivity contribution in [3.63, 3.8) is 0 Å². The van der Waals surface area contributed by atoms with Crippen LogP contribution in [0.4, 0.5) is 0 Å². The Balaban J connectivity index is 2.86. The van der Waals surface area contributed by atoms with E-state index in [9.17, 15) is 9.59 Å². The third-order valence-electron chi connectivity index (χ3n) is 2.92. The molecule has 0 spiro atoms. The lowest BCUT2D eigenvalue weighted by Gasteiger charge is -2.33. The summed E-state index contributed by atoms with van der Waals surface area (Å²) < 4.78 is 10.1. The van der Waals surface area contributed by atoms with E-state index in [1.54, 1.807) is 0 Å². The zero-order valence-electron chi connectivity index (χ0n) is 13.1. The van der Waals surface area contributed by atoms with Gasteiger partial charge in [-0.3, -0.25) is 10.1 Å². The maximum Gasteiger partial charge on any atom is 0.328 e. The fraction of sp³-hybridized carbons (Fsp3) is 0.714. The summed E-state index contributed by atoms with van der Waals surface area (Å²) in [6, 6.07) is -1.43. The van der Waals surface area contributed by atoms with Crippen molar-refractivity contribution in [1.82, 2.24) is 5.32 Å². The van der Waals surface area contributed by atoms with Gasteiger partial charge in [0, 0.05) is 0 Å². The maximum absolute atomic E-state index is 12.3. The fourth-order valence-electron chi connectivity index (χ4n) is 1.85. The minimum atomic E-state index is -0.848. The van der Waals surface area contributed by atoms with Gasteiger partial charge in [0.25, 0.3) is 0 Å². The minimum absolute atomic E-state index is 0.363. The lowest BCUT2D eigenvalue weighted by molar-refractivity contribution is -0.157. The van der Waals surface area contributed by atoms with Crippen molar-refractivity contribution in [1.29, 1.82) is 0 Å². The highest BCUT2D eigenvalue weighted by Gasteiger charge is 2.36. The Morgan fingerprint density at radius 3 is 2.57 bits per heavy atom. The van der Waals surface area contributed by atoms with Gasteiger partial charge in [0.2, 0.25) is 0 Å². The van der Waals surface area contributed by atoms with Crippen LogP contribution >= 0.6 is 11.8 Å². The van der Waals surface area contributed by atoms with Crippen LogP contribution in [0.25, 0.3) is 0 Å². The number of carbonyl (C=O) groups is 2. The number of rotatable bonds is 4. The van der Waals surface area contributed by atoms with E-state index < -0.39 is 29.0 Å². The number of hydrogen-bond donors (Lipinski definition) is 2. The Bertz CT molecular complexity index is 431. The van der Waals surface area contributed by atoms with Gasteiger partial charge in [-0.2, -0.15) is 0 Å². The monoisotopic (exact) mass is 316 g/mol. The summed E-state index contributed by atoms with van der Waals surface area (Å²) in [6.07, 6.45) is 0.712. The molecule has 3 atom stereocenters. The zero-order valence-corrected chi connectivity index (χ0v) is 14.0. The first-order valence-electron chi connectivity index (χ1n) is 6.86. The molecule has 0 amide bonds. The van der Waals surface area contributed by atoms with Crippen LogP contribution in [-0.4, -0.2) is 42.1 Å². The second-order valence-corrected chi connectivity index (χ2v) is 6.80. The third kappa shape index (κ3) is 5.01. The SMILES string of the molecule is CCC1=CSC(C(N)C(=O)OC)NC1C(=O)OC(C)(C)C. The van der Waals surface area contributed by atoms with Crippen molar-refractivity contribution in [3.05, 3.63) is 11.0 Å². The summed E-state index contributed by atoms with van der Waals surface area (Å²) in [5, 5.41) is 4.53. The number of carbonyl (C=O) groups excluding carboxylic acids is 2. The Kier molecular flexibility index (Phi) is 6.24. The molecule has 0 saturated carbocycles. The molecule has 3 unspecified atom stereocenters. The molecule has 0 aromatic heterocycles. The van der Waals surface area contributed by atoms with Gasteiger partial charge in [0.15, 0.2) is 0 Å². The lowest BCUT2D eigenvalue weighted by atomic mass is 10.1. The number of nitrogens with two attached hydrogens (primary N) is 1. The molecule has 1 aliphatic heterocycles. The van der Waals surface area contributed by atoms with Crippen molar-refractivity contribution < 1.29 is 19.1 Å². The molecule has 120 valence electrons. The molecule has 3 N–H and O–H groups in total. The van der Waals surface area contributed by atoms with E-state index in [1.165, 1.54) is 18.9 Å². The van der Waals surface area contributed by atoms with Gasteiger partial charge >= 0.3 is 11.9 Å². The quantitative estimate of drug-likeness (QED) is 0.752. The lowest BCUT2D eigenvalue weighted by Crippen LogP contribution is -2.56. The van der Waals surface area contributed by atoms with Crippen LogP contribution in [0.5, 0.6) is 0 Å². The molecule has 6 nitrogen and oxygen atoms in total. The molecule has 0 bridgehead atoms. The molecule has 0 aliphatic carbocycles.